The summed E-state index contributed by atoms with van der Waals surface area (Å²) in [6, 6.07) is 12.4. The first-order valence-electron chi connectivity index (χ1n) is 5.29. The number of ether oxygens (including phenoxy) is 1. The van der Waals surface area contributed by atoms with Gasteiger partial charge < -0.3 is 4.74 Å². The van der Waals surface area contributed by atoms with E-state index in [1.165, 1.54) is 18.2 Å². The maximum atomic E-state index is 11.9. The van der Waals surface area contributed by atoms with Gasteiger partial charge in [0.2, 0.25) is 5.75 Å². The molecule has 2 aromatic carbocycles. The SMILES string of the molecule is O=C(Oc1ccccc1[N+](=O)[O-])c1ccccc1Br. The van der Waals surface area contributed by atoms with Crippen LogP contribution in [-0.2, 0) is 0 Å². The van der Waals surface area contributed by atoms with Crippen LogP contribution in [0.4, 0.5) is 5.69 Å². The zero-order chi connectivity index (χ0) is 13.8. The quantitative estimate of drug-likeness (QED) is 0.375. The van der Waals surface area contributed by atoms with Gasteiger partial charge in [-0.15, -0.1) is 0 Å². The molecule has 5 nitrogen and oxygen atoms in total. The summed E-state index contributed by atoms with van der Waals surface area (Å²) < 4.78 is 5.63. The van der Waals surface area contributed by atoms with E-state index in [4.69, 9.17) is 4.74 Å². The third-order valence-corrected chi connectivity index (χ3v) is 3.05. The van der Waals surface area contributed by atoms with Crippen molar-refractivity contribution in [2.24, 2.45) is 0 Å². The Morgan fingerprint density at radius 2 is 1.74 bits per heavy atom. The number of para-hydroxylation sites is 2. The lowest BCUT2D eigenvalue weighted by Crippen LogP contribution is -2.10. The van der Waals surface area contributed by atoms with Gasteiger partial charge in [-0.1, -0.05) is 24.3 Å². The van der Waals surface area contributed by atoms with Crippen LogP contribution in [0.25, 0.3) is 0 Å². The van der Waals surface area contributed by atoms with E-state index in [0.717, 1.165) is 0 Å². The average molecular weight is 322 g/mol. The number of carbonyl (C=O) groups excluding carboxylic acids is 1. The first-order valence-corrected chi connectivity index (χ1v) is 6.09. The minimum absolute atomic E-state index is 0.0757. The Kier molecular flexibility index (Phi) is 3.91. The first kappa shape index (κ1) is 13.2. The van der Waals surface area contributed by atoms with Crippen molar-refractivity contribution in [3.63, 3.8) is 0 Å². The van der Waals surface area contributed by atoms with Crippen LogP contribution in [0, 0.1) is 10.1 Å². The van der Waals surface area contributed by atoms with E-state index < -0.39 is 10.9 Å². The Morgan fingerprint density at radius 3 is 2.42 bits per heavy atom. The lowest BCUT2D eigenvalue weighted by Gasteiger charge is -2.05. The van der Waals surface area contributed by atoms with Crippen LogP contribution >= 0.6 is 15.9 Å². The minimum Gasteiger partial charge on any atom is -0.416 e. The Bertz CT molecular complexity index is 642. The first-order chi connectivity index (χ1) is 9.09. The average Bonchev–Trinajstić information content (AvgIpc) is 2.39. The molecule has 2 aromatic rings. The fraction of sp³-hybridized carbons (Fsp3) is 0. The van der Waals surface area contributed by atoms with Gasteiger partial charge in [0.1, 0.15) is 0 Å². The predicted octanol–water partition coefficient (Wildman–Crippen LogP) is 3.58. The van der Waals surface area contributed by atoms with Gasteiger partial charge in [0, 0.05) is 10.5 Å². The van der Waals surface area contributed by atoms with E-state index in [1.807, 2.05) is 0 Å². The highest BCUT2D eigenvalue weighted by atomic mass is 79.9. The summed E-state index contributed by atoms with van der Waals surface area (Å²) in [4.78, 5) is 22.2. The third kappa shape index (κ3) is 2.97. The molecular formula is C13H8BrNO4. The topological polar surface area (TPSA) is 69.4 Å². The number of nitro groups is 1. The molecule has 0 aliphatic rings. The molecule has 0 N–H and O–H groups in total. The second kappa shape index (κ2) is 5.62. The molecule has 0 spiro atoms. The van der Waals surface area contributed by atoms with E-state index >= 15 is 0 Å². The van der Waals surface area contributed by atoms with Crippen molar-refractivity contribution in [3.8, 4) is 5.75 Å². The summed E-state index contributed by atoms with van der Waals surface area (Å²) in [7, 11) is 0. The largest absolute Gasteiger partial charge is 0.416 e. The van der Waals surface area contributed by atoms with Gasteiger partial charge in [0.25, 0.3) is 0 Å². The van der Waals surface area contributed by atoms with Crippen molar-refractivity contribution in [1.29, 1.82) is 0 Å². The molecule has 0 saturated heterocycles. The molecule has 2 rings (SSSR count). The molecule has 0 heterocycles. The van der Waals surface area contributed by atoms with Crippen molar-refractivity contribution in [1.82, 2.24) is 0 Å². The zero-order valence-electron chi connectivity index (χ0n) is 9.58. The fourth-order valence-corrected chi connectivity index (χ4v) is 1.92. The number of benzene rings is 2. The Balaban J connectivity index is 2.30. The Morgan fingerprint density at radius 1 is 1.11 bits per heavy atom. The van der Waals surface area contributed by atoms with Crippen LogP contribution in [-0.4, -0.2) is 10.9 Å². The standard InChI is InChI=1S/C13H8BrNO4/c14-10-6-2-1-5-9(10)13(16)19-12-8-4-3-7-11(12)15(17)18/h1-8H. The maximum Gasteiger partial charge on any atom is 0.344 e. The second-order valence-corrected chi connectivity index (χ2v) is 4.45. The number of halogens is 1. The van der Waals surface area contributed by atoms with Crippen LogP contribution in [0.5, 0.6) is 5.75 Å². The van der Waals surface area contributed by atoms with Crippen LogP contribution in [0.1, 0.15) is 10.4 Å². The lowest BCUT2D eigenvalue weighted by molar-refractivity contribution is -0.385. The van der Waals surface area contributed by atoms with Gasteiger partial charge in [0.15, 0.2) is 0 Å². The monoisotopic (exact) mass is 321 g/mol. The van der Waals surface area contributed by atoms with E-state index in [9.17, 15) is 14.9 Å². The number of nitrogens with zero attached hydrogens (tertiary/aromatic N) is 1. The highest BCUT2D eigenvalue weighted by Crippen LogP contribution is 2.27. The molecule has 0 unspecified atom stereocenters. The number of nitro benzene ring substituents is 1. The van der Waals surface area contributed by atoms with E-state index in [0.29, 0.717) is 10.0 Å². The molecule has 96 valence electrons. The van der Waals surface area contributed by atoms with Gasteiger partial charge in [-0.05, 0) is 34.1 Å². The number of hydrogen-bond acceptors (Lipinski definition) is 4. The Hall–Kier alpha value is -2.21. The molecule has 0 radical (unpaired) electrons. The summed E-state index contributed by atoms with van der Waals surface area (Å²) in [5, 5.41) is 10.8. The van der Waals surface area contributed by atoms with Crippen molar-refractivity contribution in [3.05, 3.63) is 68.7 Å². The smallest absolute Gasteiger partial charge is 0.344 e. The molecule has 0 saturated carbocycles. The highest BCUT2D eigenvalue weighted by molar-refractivity contribution is 9.10. The molecule has 19 heavy (non-hydrogen) atoms. The summed E-state index contributed by atoms with van der Waals surface area (Å²) >= 11 is 3.22. The Labute approximate surface area is 117 Å². The van der Waals surface area contributed by atoms with Crippen molar-refractivity contribution < 1.29 is 14.5 Å². The highest BCUT2D eigenvalue weighted by Gasteiger charge is 2.19. The van der Waals surface area contributed by atoms with E-state index in [-0.39, 0.29) is 11.4 Å². The lowest BCUT2D eigenvalue weighted by atomic mass is 10.2. The van der Waals surface area contributed by atoms with Crippen molar-refractivity contribution >= 4 is 27.6 Å². The van der Waals surface area contributed by atoms with Crippen LogP contribution < -0.4 is 4.74 Å². The second-order valence-electron chi connectivity index (χ2n) is 3.59. The summed E-state index contributed by atoms with van der Waals surface area (Å²) in [5.74, 6) is -0.727. The molecule has 0 atom stereocenters. The van der Waals surface area contributed by atoms with Crippen LogP contribution in [0.2, 0.25) is 0 Å². The normalized spacial score (nSPS) is 9.95. The van der Waals surface area contributed by atoms with E-state index in [2.05, 4.69) is 15.9 Å². The number of hydrogen-bond donors (Lipinski definition) is 0. The molecule has 0 aromatic heterocycles. The summed E-state index contributed by atoms with van der Waals surface area (Å²) in [6.45, 7) is 0. The molecular weight excluding hydrogens is 314 g/mol. The van der Waals surface area contributed by atoms with E-state index in [1.54, 1.807) is 30.3 Å². The third-order valence-electron chi connectivity index (χ3n) is 2.36. The predicted molar refractivity (Wildman–Crippen MR) is 72.2 cm³/mol. The molecule has 0 amide bonds. The van der Waals surface area contributed by atoms with Crippen LogP contribution in [0.15, 0.2) is 53.0 Å². The molecule has 0 aliphatic heterocycles. The number of carbonyl (C=O) groups is 1. The van der Waals surface area contributed by atoms with Gasteiger partial charge in [-0.25, -0.2) is 4.79 Å². The summed E-state index contributed by atoms with van der Waals surface area (Å²) in [6.07, 6.45) is 0. The van der Waals surface area contributed by atoms with Crippen LogP contribution in [0.3, 0.4) is 0 Å². The number of esters is 1. The molecule has 6 heteroatoms. The molecule has 0 bridgehead atoms. The van der Waals surface area contributed by atoms with Crippen molar-refractivity contribution in [2.75, 3.05) is 0 Å². The minimum atomic E-state index is -0.651. The van der Waals surface area contributed by atoms with Gasteiger partial charge in [0.05, 0.1) is 10.5 Å². The number of rotatable bonds is 3. The molecule has 0 aliphatic carbocycles. The van der Waals surface area contributed by atoms with Gasteiger partial charge in [-0.3, -0.25) is 10.1 Å². The fourth-order valence-electron chi connectivity index (χ4n) is 1.48. The van der Waals surface area contributed by atoms with Gasteiger partial charge in [-0.2, -0.15) is 0 Å². The maximum absolute atomic E-state index is 11.9. The summed E-state index contributed by atoms with van der Waals surface area (Å²) in [5.41, 5.74) is 0.0588. The molecule has 0 fully saturated rings. The van der Waals surface area contributed by atoms with Crippen molar-refractivity contribution in [2.45, 2.75) is 0 Å². The van der Waals surface area contributed by atoms with Gasteiger partial charge >= 0.3 is 11.7 Å². The zero-order valence-corrected chi connectivity index (χ0v) is 11.2.